The van der Waals surface area contributed by atoms with Crippen LogP contribution in [0.2, 0.25) is 0 Å². The molecule has 4 aliphatic rings. The summed E-state index contributed by atoms with van der Waals surface area (Å²) in [5.41, 5.74) is 8.04. The first-order valence-electron chi connectivity index (χ1n) is 34.6. The maximum atomic E-state index is 14.8. The van der Waals surface area contributed by atoms with Crippen molar-refractivity contribution >= 4 is 0 Å². The molecule has 10 rings (SSSR count). The first kappa shape index (κ1) is 78.1. The molecular weight excluding hydrogens is 1270 g/mol. The standard InChI is InChI=1S/C26H20O2.2C17H29.4C6H12.Th/c27-25(21-13-5-1-6-14-21,22-15-7-2-8-16-22)26(28,23-17-9-3-10-18-23)24-19-11-4-12-20-24;2*1-15(2,3)12-10-13(16(4,5)6)14(11-12)17(7,8)9;4*1-2-4-6-5-3-1;/h1-20H;2*10-11H,1-9H3;4*1-6H2;/q-2;2*-1;;;;;+4. The van der Waals surface area contributed by atoms with Crippen LogP contribution in [0.1, 0.15) is 334 Å². The van der Waals surface area contributed by atoms with Crippen molar-refractivity contribution in [2.75, 3.05) is 0 Å². The Morgan fingerprint density at radius 1 is 0.241 bits per heavy atom. The van der Waals surface area contributed by atoms with E-state index >= 15 is 0 Å². The molecule has 4 aliphatic carbocycles. The van der Waals surface area contributed by atoms with Crippen molar-refractivity contribution in [2.24, 2.45) is 0 Å². The molecule has 0 atom stereocenters. The zero-order chi connectivity index (χ0) is 63.7. The third kappa shape index (κ3) is 25.4. The van der Waals surface area contributed by atoms with Crippen LogP contribution in [0.15, 0.2) is 146 Å². The Labute approximate surface area is 569 Å². The van der Waals surface area contributed by atoms with Gasteiger partial charge in [-0.1, -0.05) is 455 Å². The Hall–Kier alpha value is -3.18. The Kier molecular flexibility index (Phi) is 33.0. The second-order valence-corrected chi connectivity index (χ2v) is 32.0. The monoisotopic (exact) mass is 1400 g/mol. The summed E-state index contributed by atoms with van der Waals surface area (Å²) in [7, 11) is 0. The quantitative estimate of drug-likeness (QED) is 0.162. The summed E-state index contributed by atoms with van der Waals surface area (Å²) in [5.74, 6) is 0. The molecule has 0 spiro atoms. The first-order chi connectivity index (χ1) is 40.3. The third-order valence-electron chi connectivity index (χ3n) is 18.0. The van der Waals surface area contributed by atoms with Crippen molar-refractivity contribution in [3.05, 3.63) is 201 Å². The van der Waals surface area contributed by atoms with Gasteiger partial charge in [0.1, 0.15) is 0 Å². The van der Waals surface area contributed by atoms with Gasteiger partial charge in [-0.2, -0.15) is 34.4 Å². The Bertz CT molecular complexity index is 2290. The zero-order valence-corrected chi connectivity index (χ0v) is 63.3. The van der Waals surface area contributed by atoms with Crippen molar-refractivity contribution in [3.63, 3.8) is 0 Å². The van der Waals surface area contributed by atoms with Crippen LogP contribution in [-0.4, -0.2) is 0 Å². The molecule has 0 N–H and O–H groups in total. The van der Waals surface area contributed by atoms with Gasteiger partial charge in [-0.25, -0.2) is 12.1 Å². The molecule has 0 unspecified atom stereocenters. The minimum atomic E-state index is -2.06. The fourth-order valence-corrected chi connectivity index (χ4v) is 12.4. The van der Waals surface area contributed by atoms with E-state index in [-0.39, 0.29) is 72.4 Å². The summed E-state index contributed by atoms with van der Waals surface area (Å²) in [5, 5.41) is 29.6. The van der Waals surface area contributed by atoms with E-state index in [1.165, 1.54) is 187 Å². The van der Waals surface area contributed by atoms with Gasteiger partial charge in [0, 0.05) is 0 Å². The van der Waals surface area contributed by atoms with Crippen LogP contribution in [0.25, 0.3) is 0 Å². The van der Waals surface area contributed by atoms with Crippen molar-refractivity contribution < 1.29 is 50.2 Å². The van der Waals surface area contributed by atoms with E-state index in [2.05, 4.69) is 149 Å². The van der Waals surface area contributed by atoms with Crippen molar-refractivity contribution in [2.45, 2.75) is 322 Å². The van der Waals surface area contributed by atoms with Gasteiger partial charge in [0.05, 0.1) is 0 Å². The molecule has 4 saturated carbocycles. The molecule has 87 heavy (non-hydrogen) atoms. The van der Waals surface area contributed by atoms with Gasteiger partial charge in [0.25, 0.3) is 0 Å². The summed E-state index contributed by atoms with van der Waals surface area (Å²) < 4.78 is 0. The second kappa shape index (κ2) is 36.8. The van der Waals surface area contributed by atoms with Crippen molar-refractivity contribution in [1.29, 1.82) is 0 Å². The summed E-state index contributed by atoms with van der Waals surface area (Å²) in [6.45, 7) is 41.5. The molecule has 2 nitrogen and oxygen atoms in total. The van der Waals surface area contributed by atoms with Crippen LogP contribution in [-0.2, 0) is 43.7 Å². The zero-order valence-electron chi connectivity index (χ0n) is 59.1. The predicted molar refractivity (Wildman–Crippen MR) is 374 cm³/mol. The minimum absolute atomic E-state index is 0. The Morgan fingerprint density at radius 2 is 0.402 bits per heavy atom. The fourth-order valence-electron chi connectivity index (χ4n) is 12.4. The molecule has 6 aromatic rings. The molecule has 0 aromatic heterocycles. The maximum Gasteiger partial charge on any atom is 4.00 e. The van der Waals surface area contributed by atoms with E-state index in [1.54, 1.807) is 97.1 Å². The number of rotatable bonds is 5. The topological polar surface area (TPSA) is 46.1 Å². The predicted octanol–water partition coefficient (Wildman–Crippen LogP) is 23.6. The summed E-state index contributed by atoms with van der Waals surface area (Å²) in [4.78, 5) is 0. The van der Waals surface area contributed by atoms with E-state index < -0.39 is 11.2 Å². The second-order valence-electron chi connectivity index (χ2n) is 32.0. The molecule has 0 amide bonds. The third-order valence-corrected chi connectivity index (χ3v) is 18.0. The van der Waals surface area contributed by atoms with Gasteiger partial charge in [0.2, 0.25) is 0 Å². The maximum absolute atomic E-state index is 14.8. The minimum Gasteiger partial charge on any atom is -0.843 e. The first-order valence-corrected chi connectivity index (χ1v) is 34.6. The molecule has 6 aromatic carbocycles. The molecule has 478 valence electrons. The van der Waals surface area contributed by atoms with Crippen LogP contribution in [0.4, 0.5) is 0 Å². The smallest absolute Gasteiger partial charge is 0.843 e. The van der Waals surface area contributed by atoms with Crippen LogP contribution in [0, 0.1) is 39.9 Å². The number of benzene rings is 4. The van der Waals surface area contributed by atoms with Crippen LogP contribution in [0.3, 0.4) is 0 Å². The van der Waals surface area contributed by atoms with Crippen molar-refractivity contribution in [1.82, 2.24) is 0 Å². The molecule has 0 aliphatic heterocycles. The molecule has 3 heteroatoms. The van der Waals surface area contributed by atoms with Gasteiger partial charge in [0.15, 0.2) is 0 Å². The van der Waals surface area contributed by atoms with Gasteiger partial charge in [-0.05, 0) is 10.8 Å². The number of hydrogen-bond acceptors (Lipinski definition) is 2. The average Bonchev–Trinajstić information content (AvgIpc) is 1.56. The van der Waals surface area contributed by atoms with E-state index in [0.29, 0.717) is 22.3 Å². The van der Waals surface area contributed by atoms with Crippen LogP contribution in [0.5, 0.6) is 0 Å². The molecule has 0 radical (unpaired) electrons. The summed E-state index contributed by atoms with van der Waals surface area (Å²) >= 11 is 0. The van der Waals surface area contributed by atoms with Gasteiger partial charge in [-0.15, -0.1) is 11.1 Å². The number of hydrogen-bond donors (Lipinski definition) is 0. The molecule has 0 bridgehead atoms. The fraction of sp³-hybridized carbons (Fsp3) is 0.595. The van der Waals surface area contributed by atoms with Gasteiger partial charge < -0.3 is 10.2 Å². The van der Waals surface area contributed by atoms with Gasteiger partial charge in [-0.3, -0.25) is 0 Å². The van der Waals surface area contributed by atoms with E-state index in [4.69, 9.17) is 0 Å². The molecular formula is C84H126O2Th. The molecule has 0 saturated heterocycles. The van der Waals surface area contributed by atoms with Crippen LogP contribution < -0.4 is 10.2 Å². The van der Waals surface area contributed by atoms with E-state index in [1.807, 2.05) is 24.3 Å². The average molecular weight is 1400 g/mol. The molecule has 4 fully saturated rings. The van der Waals surface area contributed by atoms with Crippen molar-refractivity contribution in [3.8, 4) is 0 Å². The van der Waals surface area contributed by atoms with Gasteiger partial charge >= 0.3 is 39.9 Å². The summed E-state index contributed by atoms with van der Waals surface area (Å²) in [6, 6.07) is 45.5. The summed E-state index contributed by atoms with van der Waals surface area (Å²) in [6.07, 6.45) is 36.0. The molecule has 0 heterocycles. The largest absolute Gasteiger partial charge is 4.00 e. The van der Waals surface area contributed by atoms with Crippen LogP contribution >= 0.6 is 0 Å². The van der Waals surface area contributed by atoms with E-state index in [0.717, 1.165) is 0 Å². The normalized spacial score (nSPS) is 16.0. The SMILES string of the molecule is C1CCCCC1.C1CCCCC1.C1CCCCC1.C1CCCCC1.CC(C)(C)c1cc(C(C)(C)C)[c-](C(C)(C)C)c1.CC(C)(C)c1cc(C(C)(C)C)[c-](C(C)(C)C)c1.[O-]C(c1ccccc1)(c1ccccc1)C([O-])(c1ccccc1)c1ccccc1.[Th+4]. The Morgan fingerprint density at radius 3 is 0.517 bits per heavy atom. The van der Waals surface area contributed by atoms with E-state index in [9.17, 15) is 10.2 Å². The Balaban J connectivity index is 0.000000291.